The number of hydrogen-bond donors (Lipinski definition) is 3. The van der Waals surface area contributed by atoms with E-state index in [-0.39, 0.29) is 6.42 Å². The molecule has 15 heavy (non-hydrogen) atoms. The van der Waals surface area contributed by atoms with E-state index in [2.05, 4.69) is 14.8 Å². The third-order valence-electron chi connectivity index (χ3n) is 1.64. The summed E-state index contributed by atoms with van der Waals surface area (Å²) in [4.78, 5) is 32.3. The highest BCUT2D eigenvalue weighted by Gasteiger charge is 2.21. The molecule has 0 spiro atoms. The number of aliphatic carboxylic acids is 1. The van der Waals surface area contributed by atoms with Gasteiger partial charge in [0.25, 0.3) is 0 Å². The van der Waals surface area contributed by atoms with E-state index >= 15 is 0 Å². The number of nitrogens with one attached hydrogen (secondary N) is 2. The average Bonchev–Trinajstić information content (AvgIpc) is 2.60. The van der Waals surface area contributed by atoms with Gasteiger partial charge in [-0.25, -0.2) is 14.7 Å². The fourth-order valence-corrected chi connectivity index (χ4v) is 0.885. The summed E-state index contributed by atoms with van der Waals surface area (Å²) < 4.78 is 4.34. The third-order valence-corrected chi connectivity index (χ3v) is 1.64. The maximum atomic E-state index is 11.2. The van der Waals surface area contributed by atoms with Crippen LogP contribution in [0.2, 0.25) is 0 Å². The molecule has 1 aromatic rings. The van der Waals surface area contributed by atoms with Crippen molar-refractivity contribution in [1.29, 1.82) is 0 Å². The number of nitrogens with zero attached hydrogens (tertiary/aromatic N) is 1. The largest absolute Gasteiger partial charge is 0.480 e. The average molecular weight is 215 g/mol. The maximum Gasteiger partial charge on any atom is 0.434 e. The molecule has 0 aliphatic carbocycles. The van der Waals surface area contributed by atoms with Gasteiger partial charge in [-0.15, -0.1) is 5.10 Å². The molecule has 1 atom stereocenters. The van der Waals surface area contributed by atoms with Gasteiger partial charge in [-0.3, -0.25) is 4.79 Å². The van der Waals surface area contributed by atoms with E-state index in [0.29, 0.717) is 0 Å². The van der Waals surface area contributed by atoms with Crippen molar-refractivity contribution in [3.8, 4) is 0 Å². The summed E-state index contributed by atoms with van der Waals surface area (Å²) >= 11 is 0. The predicted octanol–water partition coefficient (Wildman–Crippen LogP) is -1.04. The van der Waals surface area contributed by atoms with Crippen LogP contribution in [0, 0.1) is 0 Å². The second kappa shape index (κ2) is 4.40. The van der Waals surface area contributed by atoms with Crippen LogP contribution < -0.4 is 11.1 Å². The van der Waals surface area contributed by atoms with Gasteiger partial charge in [0.05, 0.1) is 0 Å². The van der Waals surface area contributed by atoms with Crippen LogP contribution in [0.3, 0.4) is 0 Å². The first-order valence-corrected chi connectivity index (χ1v) is 4.13. The molecule has 0 radical (unpaired) electrons. The molecule has 1 heterocycles. The summed E-state index contributed by atoms with van der Waals surface area (Å²) in [5.41, 5.74) is 0. The van der Waals surface area contributed by atoms with E-state index < -0.39 is 29.6 Å². The van der Waals surface area contributed by atoms with Gasteiger partial charge in [0.15, 0.2) is 0 Å². The molecule has 82 valence electrons. The van der Waals surface area contributed by atoms with Crippen molar-refractivity contribution >= 4 is 11.9 Å². The van der Waals surface area contributed by atoms with Gasteiger partial charge in [0.2, 0.25) is 0 Å². The van der Waals surface area contributed by atoms with Crippen LogP contribution in [0.15, 0.2) is 9.21 Å². The van der Waals surface area contributed by atoms with E-state index in [0.717, 1.165) is 0 Å². The lowest BCUT2D eigenvalue weighted by atomic mass is 10.2. The van der Waals surface area contributed by atoms with Crippen molar-refractivity contribution in [2.75, 3.05) is 0 Å². The van der Waals surface area contributed by atoms with Gasteiger partial charge in [-0.05, 0) is 6.42 Å². The Bertz CT molecular complexity index is 420. The van der Waals surface area contributed by atoms with Crippen LogP contribution in [0.1, 0.15) is 24.0 Å². The highest BCUT2D eigenvalue weighted by Crippen LogP contribution is 1.94. The Labute approximate surface area is 83.3 Å². The second-order valence-corrected chi connectivity index (χ2v) is 2.69. The van der Waals surface area contributed by atoms with E-state index in [4.69, 9.17) is 5.11 Å². The normalized spacial score (nSPS) is 12.1. The van der Waals surface area contributed by atoms with Gasteiger partial charge in [-0.1, -0.05) is 6.92 Å². The van der Waals surface area contributed by atoms with Gasteiger partial charge in [0, 0.05) is 0 Å². The number of carboxylic acid groups (broad SMARTS) is 1. The Morgan fingerprint density at radius 1 is 1.67 bits per heavy atom. The highest BCUT2D eigenvalue weighted by molar-refractivity contribution is 5.92. The zero-order valence-corrected chi connectivity index (χ0v) is 7.81. The summed E-state index contributed by atoms with van der Waals surface area (Å²) in [6.45, 7) is 1.60. The minimum absolute atomic E-state index is 0.218. The molecule has 1 amide bonds. The standard InChI is InChI=1S/C7H9N3O5/c1-2-3(6(12)13)8-4(11)5-9-10-7(14)15-5/h3H,2H2,1H3,(H,8,11)(H,10,14)(H,12,13). The van der Waals surface area contributed by atoms with Crippen LogP contribution >= 0.6 is 0 Å². The molecule has 8 heteroatoms. The zero-order valence-electron chi connectivity index (χ0n) is 7.81. The third kappa shape index (κ3) is 2.66. The van der Waals surface area contributed by atoms with Gasteiger partial charge in [0.1, 0.15) is 6.04 Å². The number of aromatic amines is 1. The van der Waals surface area contributed by atoms with Crippen LogP contribution in [0.4, 0.5) is 0 Å². The molecule has 1 unspecified atom stereocenters. The van der Waals surface area contributed by atoms with Crippen LogP contribution in [0.5, 0.6) is 0 Å². The fraction of sp³-hybridized carbons (Fsp3) is 0.429. The molecular weight excluding hydrogens is 206 g/mol. The van der Waals surface area contributed by atoms with Gasteiger partial charge >= 0.3 is 23.5 Å². The number of carboxylic acids is 1. The van der Waals surface area contributed by atoms with E-state index in [9.17, 15) is 14.4 Å². The molecule has 3 N–H and O–H groups in total. The number of hydrogen-bond acceptors (Lipinski definition) is 5. The number of carbonyl (C=O) groups is 2. The number of aromatic nitrogens is 2. The lowest BCUT2D eigenvalue weighted by Crippen LogP contribution is -2.40. The Morgan fingerprint density at radius 2 is 2.33 bits per heavy atom. The van der Waals surface area contributed by atoms with Crippen LogP contribution in [0.25, 0.3) is 0 Å². The molecular formula is C7H9N3O5. The molecule has 0 aliphatic rings. The molecule has 0 fully saturated rings. The zero-order chi connectivity index (χ0) is 11.4. The Hall–Kier alpha value is -2.12. The predicted molar refractivity (Wildman–Crippen MR) is 46.3 cm³/mol. The molecule has 0 saturated carbocycles. The summed E-state index contributed by atoms with van der Waals surface area (Å²) in [5, 5.41) is 15.9. The van der Waals surface area contributed by atoms with Crippen LogP contribution in [-0.2, 0) is 4.79 Å². The lowest BCUT2D eigenvalue weighted by Gasteiger charge is -2.09. The number of amides is 1. The Kier molecular flexibility index (Phi) is 3.21. The maximum absolute atomic E-state index is 11.2. The number of rotatable bonds is 4. The molecule has 0 aromatic carbocycles. The molecule has 0 saturated heterocycles. The number of H-pyrrole nitrogens is 1. The minimum Gasteiger partial charge on any atom is -0.480 e. The fourth-order valence-electron chi connectivity index (χ4n) is 0.885. The van der Waals surface area contributed by atoms with Crippen molar-refractivity contribution in [2.45, 2.75) is 19.4 Å². The first kappa shape index (κ1) is 11.0. The van der Waals surface area contributed by atoms with Gasteiger partial charge < -0.3 is 14.8 Å². The first-order chi connectivity index (χ1) is 7.04. The smallest absolute Gasteiger partial charge is 0.434 e. The van der Waals surface area contributed by atoms with Crippen molar-refractivity contribution < 1.29 is 19.1 Å². The van der Waals surface area contributed by atoms with Crippen LogP contribution in [-0.4, -0.2) is 33.2 Å². The van der Waals surface area contributed by atoms with E-state index in [1.807, 2.05) is 5.10 Å². The SMILES string of the molecule is CCC(NC(=O)c1n[nH]c(=O)o1)C(=O)O. The quantitative estimate of drug-likeness (QED) is 0.588. The summed E-state index contributed by atoms with van der Waals surface area (Å²) in [7, 11) is 0. The van der Waals surface area contributed by atoms with Gasteiger partial charge in [-0.2, -0.15) is 0 Å². The van der Waals surface area contributed by atoms with E-state index in [1.54, 1.807) is 6.92 Å². The van der Waals surface area contributed by atoms with Crippen molar-refractivity contribution in [2.24, 2.45) is 0 Å². The van der Waals surface area contributed by atoms with E-state index in [1.165, 1.54) is 0 Å². The summed E-state index contributed by atoms with van der Waals surface area (Å²) in [5.74, 6) is -3.37. The van der Waals surface area contributed by atoms with Crippen molar-refractivity contribution in [3.63, 3.8) is 0 Å². The molecule has 0 bridgehead atoms. The Morgan fingerprint density at radius 3 is 2.73 bits per heavy atom. The Balaban J connectivity index is 2.70. The molecule has 0 aliphatic heterocycles. The van der Waals surface area contributed by atoms with Crippen molar-refractivity contribution in [1.82, 2.24) is 15.5 Å². The monoisotopic (exact) mass is 215 g/mol. The first-order valence-electron chi connectivity index (χ1n) is 4.13. The number of carbonyl (C=O) groups excluding carboxylic acids is 1. The summed E-state index contributed by atoms with van der Waals surface area (Å²) in [6.07, 6.45) is 0.218. The molecule has 8 nitrogen and oxygen atoms in total. The topological polar surface area (TPSA) is 125 Å². The lowest BCUT2D eigenvalue weighted by molar-refractivity contribution is -0.139. The molecule has 1 aromatic heterocycles. The van der Waals surface area contributed by atoms with Crippen molar-refractivity contribution in [3.05, 3.63) is 16.4 Å². The summed E-state index contributed by atoms with van der Waals surface area (Å²) in [6, 6.07) is -1.03. The highest BCUT2D eigenvalue weighted by atomic mass is 16.4. The minimum atomic E-state index is -1.16. The second-order valence-electron chi connectivity index (χ2n) is 2.69. The molecule has 1 rings (SSSR count).